The number of aryl methyl sites for hydroxylation is 1. The number of phenols is 1. The number of Topliss-reactive ketones (excluding diaryl/α,β-unsaturated/α-hetero) is 1. The molecule has 1 saturated heterocycles. The van der Waals surface area contributed by atoms with Crippen LogP contribution in [0.5, 0.6) is 11.5 Å². The number of rotatable bonds is 5. The topological polar surface area (TPSA) is 113 Å². The molecular formula is C26H21N3O5S. The first-order chi connectivity index (χ1) is 16.9. The van der Waals surface area contributed by atoms with E-state index in [0.29, 0.717) is 28.4 Å². The molecule has 1 fully saturated rings. The van der Waals surface area contributed by atoms with Gasteiger partial charge in [-0.05, 0) is 61.4 Å². The van der Waals surface area contributed by atoms with Crippen LogP contribution in [-0.2, 0) is 9.59 Å². The predicted molar refractivity (Wildman–Crippen MR) is 133 cm³/mol. The molecule has 35 heavy (non-hydrogen) atoms. The zero-order valence-corrected chi connectivity index (χ0v) is 19.7. The van der Waals surface area contributed by atoms with Gasteiger partial charge in [0.25, 0.3) is 5.78 Å². The summed E-state index contributed by atoms with van der Waals surface area (Å²) >= 11 is 1.29. The van der Waals surface area contributed by atoms with Crippen molar-refractivity contribution < 1.29 is 24.5 Å². The highest BCUT2D eigenvalue weighted by Gasteiger charge is 2.48. The van der Waals surface area contributed by atoms with Gasteiger partial charge >= 0.3 is 5.91 Å². The highest BCUT2D eigenvalue weighted by molar-refractivity contribution is 7.22. The third-order valence-electron chi connectivity index (χ3n) is 5.74. The molecule has 8 nitrogen and oxygen atoms in total. The molecule has 0 radical (unpaired) electrons. The highest BCUT2D eigenvalue weighted by Crippen LogP contribution is 2.45. The zero-order chi connectivity index (χ0) is 24.7. The number of phenolic OH excluding ortho intramolecular Hbond substituents is 1. The van der Waals surface area contributed by atoms with Gasteiger partial charge in [-0.25, -0.2) is 4.98 Å². The number of thiazole rings is 1. The molecule has 2 N–H and O–H groups in total. The SMILES string of the molecule is CCOc1cc(C2C(=C(O)c3ccncc3)C(=O)C(=O)N2c2nc3ccc(C)cc3s2)ccc1O. The van der Waals surface area contributed by atoms with Crippen molar-refractivity contribution in [1.29, 1.82) is 0 Å². The highest BCUT2D eigenvalue weighted by atomic mass is 32.1. The van der Waals surface area contributed by atoms with Gasteiger partial charge in [0.1, 0.15) is 5.76 Å². The number of hydrogen-bond acceptors (Lipinski definition) is 8. The summed E-state index contributed by atoms with van der Waals surface area (Å²) in [6.45, 7) is 4.06. The van der Waals surface area contributed by atoms with Crippen molar-refractivity contribution in [2.75, 3.05) is 11.5 Å². The maximum Gasteiger partial charge on any atom is 0.301 e. The summed E-state index contributed by atoms with van der Waals surface area (Å²) in [4.78, 5) is 36.5. The Kier molecular flexibility index (Phi) is 5.70. The molecule has 0 bridgehead atoms. The molecule has 0 spiro atoms. The summed E-state index contributed by atoms with van der Waals surface area (Å²) in [6, 6.07) is 12.5. The van der Waals surface area contributed by atoms with E-state index in [4.69, 9.17) is 4.74 Å². The van der Waals surface area contributed by atoms with Crippen LogP contribution in [0.4, 0.5) is 5.13 Å². The van der Waals surface area contributed by atoms with E-state index < -0.39 is 17.7 Å². The van der Waals surface area contributed by atoms with Gasteiger partial charge < -0.3 is 14.9 Å². The van der Waals surface area contributed by atoms with Gasteiger partial charge in [-0.2, -0.15) is 0 Å². The normalized spacial score (nSPS) is 17.3. The molecule has 3 heterocycles. The maximum atomic E-state index is 13.4. The lowest BCUT2D eigenvalue weighted by Crippen LogP contribution is -2.29. The van der Waals surface area contributed by atoms with Crippen LogP contribution >= 0.6 is 11.3 Å². The van der Waals surface area contributed by atoms with E-state index in [1.54, 1.807) is 31.2 Å². The Balaban J connectivity index is 1.74. The minimum Gasteiger partial charge on any atom is -0.507 e. The lowest BCUT2D eigenvalue weighted by molar-refractivity contribution is -0.132. The third kappa shape index (κ3) is 3.89. The molecule has 2 aromatic carbocycles. The second-order valence-electron chi connectivity index (χ2n) is 8.03. The van der Waals surface area contributed by atoms with Crippen LogP contribution in [0.3, 0.4) is 0 Å². The number of nitrogens with zero attached hydrogens (tertiary/aromatic N) is 3. The molecule has 1 aliphatic rings. The Labute approximate surface area is 204 Å². The summed E-state index contributed by atoms with van der Waals surface area (Å²) in [5.74, 6) is -1.81. The number of benzene rings is 2. The van der Waals surface area contributed by atoms with Crippen LogP contribution in [0.2, 0.25) is 0 Å². The van der Waals surface area contributed by atoms with Gasteiger partial charge in [-0.3, -0.25) is 19.5 Å². The lowest BCUT2D eigenvalue weighted by atomic mass is 9.95. The number of anilines is 1. The molecule has 176 valence electrons. The zero-order valence-electron chi connectivity index (χ0n) is 18.9. The standard InChI is InChI=1S/C26H21N3O5S/c1-3-34-19-13-16(5-7-18(19)30)22-21(23(31)15-8-10-27-11-9-15)24(32)25(33)29(22)26-28-17-6-4-14(2)12-20(17)35-26/h4-13,22,30-31H,3H2,1-2H3. The molecule has 9 heteroatoms. The molecule has 5 rings (SSSR count). The van der Waals surface area contributed by atoms with Crippen LogP contribution in [0.1, 0.15) is 29.7 Å². The summed E-state index contributed by atoms with van der Waals surface area (Å²) in [5.41, 5.74) is 2.50. The molecule has 1 unspecified atom stereocenters. The quantitative estimate of drug-likeness (QED) is 0.238. The first kappa shape index (κ1) is 22.5. The van der Waals surface area contributed by atoms with Crippen molar-refractivity contribution >= 4 is 44.1 Å². The summed E-state index contributed by atoms with van der Waals surface area (Å²) in [5, 5.41) is 21.7. The molecule has 2 aromatic heterocycles. The van der Waals surface area contributed by atoms with E-state index in [-0.39, 0.29) is 22.8 Å². The number of aliphatic hydroxyl groups is 1. The largest absolute Gasteiger partial charge is 0.507 e. The second kappa shape index (κ2) is 8.84. The number of pyridine rings is 1. The molecule has 1 atom stereocenters. The minimum atomic E-state index is -0.982. The summed E-state index contributed by atoms with van der Waals surface area (Å²) in [6.07, 6.45) is 2.98. The summed E-state index contributed by atoms with van der Waals surface area (Å²) in [7, 11) is 0. The van der Waals surface area contributed by atoms with Crippen molar-refractivity contribution in [2.24, 2.45) is 0 Å². The fourth-order valence-electron chi connectivity index (χ4n) is 4.11. The van der Waals surface area contributed by atoms with Gasteiger partial charge in [-0.15, -0.1) is 0 Å². The Morgan fingerprint density at radius 1 is 1.11 bits per heavy atom. The van der Waals surface area contributed by atoms with E-state index >= 15 is 0 Å². The number of amides is 1. The van der Waals surface area contributed by atoms with Crippen LogP contribution in [0.25, 0.3) is 16.0 Å². The van der Waals surface area contributed by atoms with Crippen molar-refractivity contribution in [3.63, 3.8) is 0 Å². The monoisotopic (exact) mass is 487 g/mol. The van der Waals surface area contributed by atoms with E-state index in [1.807, 2.05) is 25.1 Å². The predicted octanol–water partition coefficient (Wildman–Crippen LogP) is 4.73. The fourth-order valence-corrected chi connectivity index (χ4v) is 5.20. The van der Waals surface area contributed by atoms with Gasteiger partial charge in [0.05, 0.1) is 28.4 Å². The Morgan fingerprint density at radius 3 is 2.63 bits per heavy atom. The number of aromatic hydroxyl groups is 1. The smallest absolute Gasteiger partial charge is 0.301 e. The number of carbonyl (C=O) groups is 2. The average Bonchev–Trinajstić information content (AvgIpc) is 3.38. The van der Waals surface area contributed by atoms with E-state index in [0.717, 1.165) is 10.3 Å². The van der Waals surface area contributed by atoms with Gasteiger partial charge in [0.15, 0.2) is 16.6 Å². The van der Waals surface area contributed by atoms with Crippen molar-refractivity contribution in [2.45, 2.75) is 19.9 Å². The van der Waals surface area contributed by atoms with Gasteiger partial charge in [0, 0.05) is 18.0 Å². The number of aromatic nitrogens is 2. The number of hydrogen-bond donors (Lipinski definition) is 2. The first-order valence-corrected chi connectivity index (χ1v) is 11.7. The van der Waals surface area contributed by atoms with Crippen LogP contribution in [-0.4, -0.2) is 38.5 Å². The number of fused-ring (bicyclic) bond motifs is 1. The molecule has 0 aliphatic carbocycles. The van der Waals surface area contributed by atoms with Crippen molar-refractivity contribution in [1.82, 2.24) is 9.97 Å². The molecule has 1 aliphatic heterocycles. The number of aliphatic hydroxyl groups excluding tert-OH is 1. The van der Waals surface area contributed by atoms with E-state index in [1.165, 1.54) is 34.7 Å². The van der Waals surface area contributed by atoms with E-state index in [2.05, 4.69) is 9.97 Å². The Bertz CT molecular complexity index is 1500. The minimum absolute atomic E-state index is 0.0721. The van der Waals surface area contributed by atoms with Crippen LogP contribution in [0.15, 0.2) is 66.5 Å². The second-order valence-corrected chi connectivity index (χ2v) is 9.04. The molecule has 0 saturated carbocycles. The number of carbonyl (C=O) groups excluding carboxylic acids is 2. The van der Waals surface area contributed by atoms with Crippen LogP contribution < -0.4 is 9.64 Å². The first-order valence-electron chi connectivity index (χ1n) is 10.9. The Morgan fingerprint density at radius 2 is 1.89 bits per heavy atom. The van der Waals surface area contributed by atoms with Gasteiger partial charge in [0.2, 0.25) is 0 Å². The molecular weight excluding hydrogens is 466 g/mol. The van der Waals surface area contributed by atoms with Gasteiger partial charge in [-0.1, -0.05) is 23.5 Å². The van der Waals surface area contributed by atoms with E-state index in [9.17, 15) is 19.8 Å². The van der Waals surface area contributed by atoms with Crippen molar-refractivity contribution in [3.8, 4) is 11.5 Å². The lowest BCUT2D eigenvalue weighted by Gasteiger charge is -2.23. The molecule has 1 amide bonds. The van der Waals surface area contributed by atoms with Crippen molar-refractivity contribution in [3.05, 3.63) is 83.2 Å². The fraction of sp³-hybridized carbons (Fsp3) is 0.154. The summed E-state index contributed by atoms with van der Waals surface area (Å²) < 4.78 is 6.41. The average molecular weight is 488 g/mol. The van der Waals surface area contributed by atoms with Crippen LogP contribution in [0, 0.1) is 6.92 Å². The Hall–Kier alpha value is -4.24. The molecule has 4 aromatic rings. The number of ether oxygens (including phenoxy) is 1. The third-order valence-corrected chi connectivity index (χ3v) is 6.75. The number of ketones is 1. The maximum absolute atomic E-state index is 13.4.